The second-order valence-electron chi connectivity index (χ2n) is 18.3. The number of carbonyl (C=O) groups is 3. The van der Waals surface area contributed by atoms with Gasteiger partial charge in [0.15, 0.2) is 6.10 Å². The smallest absolute Gasteiger partial charge is 0.306 e. The summed E-state index contributed by atoms with van der Waals surface area (Å²) in [6.07, 6.45) is 31.0. The number of likely N-dealkylation sites (N-methyl/N-ethyl adjacent to an activating group) is 1. The molecule has 0 aromatic rings. The number of unbranched alkanes of at least 4 members (excludes halogenated alkanes) is 18. The van der Waals surface area contributed by atoms with Gasteiger partial charge in [0.05, 0.1) is 40.0 Å². The Bertz CT molecular complexity index is 1250. The van der Waals surface area contributed by atoms with Crippen LogP contribution < -0.4 is 4.89 Å². The molecule has 0 heterocycles. The van der Waals surface area contributed by atoms with Crippen LogP contribution in [-0.4, -0.2) is 98.2 Å². The molecule has 6 atom stereocenters. The zero-order chi connectivity index (χ0) is 45.2. The summed E-state index contributed by atoms with van der Waals surface area (Å²) in [5.41, 5.74) is 0. The van der Waals surface area contributed by atoms with Gasteiger partial charge in [-0.05, 0) is 57.3 Å². The second-order valence-corrected chi connectivity index (χ2v) is 19.7. The van der Waals surface area contributed by atoms with E-state index in [1.54, 1.807) is 12.2 Å². The molecule has 0 aromatic heterocycles. The summed E-state index contributed by atoms with van der Waals surface area (Å²) in [5.74, 6) is -1.56. The lowest BCUT2D eigenvalue weighted by atomic mass is 9.88. The molecule has 1 unspecified atom stereocenters. The molecule has 0 amide bonds. The fourth-order valence-electron chi connectivity index (χ4n) is 7.50. The zero-order valence-corrected chi connectivity index (χ0v) is 40.0. The molecule has 1 fully saturated rings. The first-order chi connectivity index (χ1) is 29.2. The molecule has 2 N–H and O–H groups in total. The van der Waals surface area contributed by atoms with Crippen LogP contribution in [0.4, 0.5) is 0 Å². The van der Waals surface area contributed by atoms with Crippen molar-refractivity contribution >= 4 is 25.5 Å². The number of aliphatic hydroxyl groups excluding tert-OH is 2. The summed E-state index contributed by atoms with van der Waals surface area (Å²) < 4.78 is 33.9. The molecule has 0 saturated heterocycles. The number of hydrogen-bond acceptors (Lipinski definition) is 11. The first-order valence-electron chi connectivity index (χ1n) is 24.1. The van der Waals surface area contributed by atoms with Crippen LogP contribution in [0.5, 0.6) is 0 Å². The van der Waals surface area contributed by atoms with Gasteiger partial charge in [-0.2, -0.15) is 0 Å². The van der Waals surface area contributed by atoms with Gasteiger partial charge in [-0.25, -0.2) is 0 Å². The molecular formula is C48H88NO11P. The highest BCUT2D eigenvalue weighted by atomic mass is 31.2. The number of Topliss-reactive ketones (excluding diaryl/α,β-unsaturated/α-hetero) is 1. The van der Waals surface area contributed by atoms with E-state index in [1.807, 2.05) is 21.1 Å². The minimum absolute atomic E-state index is 0.00540. The average molecular weight is 886 g/mol. The van der Waals surface area contributed by atoms with Crippen molar-refractivity contribution in [1.29, 1.82) is 0 Å². The maximum Gasteiger partial charge on any atom is 0.306 e. The van der Waals surface area contributed by atoms with Crippen molar-refractivity contribution in [3.63, 3.8) is 0 Å². The van der Waals surface area contributed by atoms with Crippen molar-refractivity contribution in [3.8, 4) is 0 Å². The highest BCUT2D eigenvalue weighted by Gasteiger charge is 2.39. The summed E-state index contributed by atoms with van der Waals surface area (Å²) in [7, 11) is 1.04. The Kier molecular flexibility index (Phi) is 33.2. The van der Waals surface area contributed by atoms with E-state index in [2.05, 4.69) is 26.0 Å². The van der Waals surface area contributed by atoms with Crippen molar-refractivity contribution in [2.75, 3.05) is 47.5 Å². The molecule has 0 radical (unpaired) electrons. The van der Waals surface area contributed by atoms with Gasteiger partial charge in [0.1, 0.15) is 25.5 Å². The summed E-state index contributed by atoms with van der Waals surface area (Å²) in [6, 6.07) is 0. The van der Waals surface area contributed by atoms with E-state index in [1.165, 1.54) is 64.2 Å². The third kappa shape index (κ3) is 32.4. The standard InChI is InChI=1S/C48H88NO11P/c1-6-8-10-11-12-13-14-15-16-17-18-19-20-21-22-23-29-33-48(54)60-42(40-59-61(55,56)58-37-36-49(3,4)5)39-57-47(53)32-28-25-24-27-31-43-44(46(52)38-45(43)51)35-34-41(50)30-26-9-7-2/h15-16,34-35,41-45,50-51H,6-14,17-33,36-40H2,1-5H3/b16-15-,35-34+/t41-,42+,43+,44+,45-/m0/s1. The van der Waals surface area contributed by atoms with Gasteiger partial charge in [0.25, 0.3) is 7.82 Å². The summed E-state index contributed by atoms with van der Waals surface area (Å²) in [6.45, 7) is 3.86. The molecule has 1 aliphatic rings. The average Bonchev–Trinajstić information content (AvgIpc) is 3.47. The van der Waals surface area contributed by atoms with Crippen LogP contribution in [0, 0.1) is 11.8 Å². The Morgan fingerprint density at radius 3 is 1.92 bits per heavy atom. The van der Waals surface area contributed by atoms with Gasteiger partial charge >= 0.3 is 11.9 Å². The quantitative estimate of drug-likeness (QED) is 0.0198. The number of ether oxygens (including phenoxy) is 2. The van der Waals surface area contributed by atoms with E-state index in [9.17, 15) is 34.1 Å². The van der Waals surface area contributed by atoms with Crippen molar-refractivity contribution < 1.29 is 57.1 Å². The van der Waals surface area contributed by atoms with Gasteiger partial charge in [-0.15, -0.1) is 0 Å². The topological polar surface area (TPSA) is 169 Å². The molecule has 356 valence electrons. The summed E-state index contributed by atoms with van der Waals surface area (Å²) in [4.78, 5) is 50.4. The number of phosphoric acid groups is 1. The van der Waals surface area contributed by atoms with Crippen LogP contribution in [0.15, 0.2) is 24.3 Å². The Morgan fingerprint density at radius 1 is 0.770 bits per heavy atom. The number of ketones is 1. The fraction of sp³-hybridized carbons (Fsp3) is 0.854. The van der Waals surface area contributed by atoms with Crippen LogP contribution in [-0.2, 0) is 37.5 Å². The van der Waals surface area contributed by atoms with Crippen LogP contribution in [0.2, 0.25) is 0 Å². The normalized spacial score (nSPS) is 19.1. The minimum atomic E-state index is -4.69. The van der Waals surface area contributed by atoms with E-state index in [0.29, 0.717) is 36.7 Å². The van der Waals surface area contributed by atoms with E-state index >= 15 is 0 Å². The number of allylic oxidation sites excluding steroid dienone is 3. The molecule has 13 heteroatoms. The van der Waals surface area contributed by atoms with Gasteiger partial charge in [-0.1, -0.05) is 141 Å². The summed E-state index contributed by atoms with van der Waals surface area (Å²) in [5, 5.41) is 20.8. The Labute approximate surface area is 370 Å². The second kappa shape index (κ2) is 35.4. The number of carbonyl (C=O) groups excluding carboxylic acids is 3. The lowest BCUT2D eigenvalue weighted by Gasteiger charge is -2.28. The minimum Gasteiger partial charge on any atom is -0.756 e. The predicted octanol–water partition coefficient (Wildman–Crippen LogP) is 9.87. The number of rotatable bonds is 40. The monoisotopic (exact) mass is 886 g/mol. The van der Waals surface area contributed by atoms with E-state index in [-0.39, 0.29) is 44.2 Å². The highest BCUT2D eigenvalue weighted by Crippen LogP contribution is 2.38. The first kappa shape index (κ1) is 57.1. The van der Waals surface area contributed by atoms with E-state index in [0.717, 1.165) is 64.2 Å². The highest BCUT2D eigenvalue weighted by molar-refractivity contribution is 7.45. The molecule has 0 bridgehead atoms. The number of esters is 2. The van der Waals surface area contributed by atoms with E-state index in [4.69, 9.17) is 18.5 Å². The fourth-order valence-corrected chi connectivity index (χ4v) is 8.22. The van der Waals surface area contributed by atoms with Crippen molar-refractivity contribution in [3.05, 3.63) is 24.3 Å². The summed E-state index contributed by atoms with van der Waals surface area (Å²) >= 11 is 0. The van der Waals surface area contributed by atoms with E-state index < -0.39 is 50.6 Å². The largest absolute Gasteiger partial charge is 0.756 e. The van der Waals surface area contributed by atoms with Gasteiger partial charge in [0.2, 0.25) is 0 Å². The molecule has 0 spiro atoms. The van der Waals surface area contributed by atoms with Crippen molar-refractivity contribution in [1.82, 2.24) is 0 Å². The molecule has 61 heavy (non-hydrogen) atoms. The molecule has 1 aliphatic carbocycles. The van der Waals surface area contributed by atoms with Crippen molar-refractivity contribution in [2.24, 2.45) is 11.8 Å². The number of quaternary nitrogens is 1. The zero-order valence-electron chi connectivity index (χ0n) is 39.1. The molecule has 1 rings (SSSR count). The van der Waals surface area contributed by atoms with Gasteiger partial charge < -0.3 is 38.1 Å². The number of aliphatic hydroxyl groups is 2. The van der Waals surface area contributed by atoms with Gasteiger partial charge in [0, 0.05) is 25.2 Å². The Balaban J connectivity index is 2.43. The van der Waals surface area contributed by atoms with Crippen LogP contribution in [0.3, 0.4) is 0 Å². The number of hydrogen-bond donors (Lipinski definition) is 2. The number of nitrogens with zero attached hydrogens (tertiary/aromatic N) is 1. The van der Waals surface area contributed by atoms with Crippen LogP contribution in [0.25, 0.3) is 0 Å². The maximum absolute atomic E-state index is 12.8. The third-order valence-corrected chi connectivity index (χ3v) is 12.3. The predicted molar refractivity (Wildman–Crippen MR) is 242 cm³/mol. The third-order valence-electron chi connectivity index (χ3n) is 11.4. The SMILES string of the molecule is CCCCCCCC/C=C\CCCCCCCCCC(=O)O[C@H](COC(=O)CCCCCC[C@H]1[C@@H](O)CC(=O)[C@@H]1/C=C/[C@@H](O)CCCCC)COP(=O)([O-])OCC[N+](C)(C)C. The molecule has 12 nitrogen and oxygen atoms in total. The lowest BCUT2D eigenvalue weighted by molar-refractivity contribution is -0.870. The Morgan fingerprint density at radius 2 is 1.31 bits per heavy atom. The number of phosphoric ester groups is 1. The maximum atomic E-state index is 12.8. The molecule has 0 aliphatic heterocycles. The molecule has 0 aromatic carbocycles. The van der Waals surface area contributed by atoms with Crippen molar-refractivity contribution in [2.45, 2.75) is 206 Å². The molecule has 1 saturated carbocycles. The van der Waals surface area contributed by atoms with Crippen LogP contribution in [0.1, 0.15) is 187 Å². The lowest BCUT2D eigenvalue weighted by Crippen LogP contribution is -2.37. The first-order valence-corrected chi connectivity index (χ1v) is 25.6. The van der Waals surface area contributed by atoms with Gasteiger partial charge in [-0.3, -0.25) is 18.9 Å². The molecular weight excluding hydrogens is 797 g/mol. The van der Waals surface area contributed by atoms with Crippen LogP contribution >= 0.6 is 7.82 Å². The Hall–Kier alpha value is -1.92.